The molecule has 5 nitrogen and oxygen atoms in total. The molecule has 3 aromatic rings. The average molecular weight is 422 g/mol. The van der Waals surface area contributed by atoms with Gasteiger partial charge in [0.25, 0.3) is 0 Å². The van der Waals surface area contributed by atoms with Crippen molar-refractivity contribution < 1.29 is 0 Å². The number of benzene rings is 2. The van der Waals surface area contributed by atoms with Crippen molar-refractivity contribution >= 4 is 28.5 Å². The van der Waals surface area contributed by atoms with Gasteiger partial charge in [-0.2, -0.15) is 0 Å². The second-order valence-corrected chi connectivity index (χ2v) is 9.14. The summed E-state index contributed by atoms with van der Waals surface area (Å²) in [6.07, 6.45) is 3.58. The number of piperazine rings is 1. The number of aryl methyl sites for hydroxylation is 1. The number of likely N-dealkylation sites (N-methyl/N-ethyl adjacent to an activating group) is 1. The third-order valence-corrected chi connectivity index (χ3v) is 6.78. The smallest absolute Gasteiger partial charge is 0.0850 e. The molecule has 0 bridgehead atoms. The number of hydrogen-bond donors (Lipinski definition) is 0. The quantitative estimate of drug-likeness (QED) is 0.626. The van der Waals surface area contributed by atoms with Gasteiger partial charge in [-0.1, -0.05) is 6.07 Å². The summed E-state index contributed by atoms with van der Waals surface area (Å²) in [6.45, 7) is 6.51. The minimum Gasteiger partial charge on any atom is -0.369 e. The second-order valence-electron chi connectivity index (χ2n) is 9.14. The zero-order valence-corrected chi connectivity index (χ0v) is 18.7. The molecule has 3 aliphatic heterocycles. The van der Waals surface area contributed by atoms with Gasteiger partial charge < -0.3 is 9.80 Å². The highest BCUT2D eigenvalue weighted by Crippen LogP contribution is 2.35. The van der Waals surface area contributed by atoms with Crippen LogP contribution in [0.25, 0.3) is 0 Å². The van der Waals surface area contributed by atoms with Crippen molar-refractivity contribution in [1.29, 1.82) is 0 Å². The summed E-state index contributed by atoms with van der Waals surface area (Å²) in [4.78, 5) is 19.2. The highest BCUT2D eigenvalue weighted by atomic mass is 15.2. The van der Waals surface area contributed by atoms with E-state index in [1.54, 1.807) is 0 Å². The third-order valence-electron chi connectivity index (χ3n) is 6.78. The highest BCUT2D eigenvalue weighted by molar-refractivity contribution is 6.09. The standard InChI is InChI=1S/C27H27N5/c1-18-7-8-28-26(13-18)27-17-20-14-19(3-5-23(20)30-27)25-16-21-15-22(4-6-24(21)29-25)32-11-9-31(2)10-12-32/h3-8,13-15H,9-12,16-17H2,1-2H3. The molecule has 32 heavy (non-hydrogen) atoms. The Bertz CT molecular complexity index is 1260. The summed E-state index contributed by atoms with van der Waals surface area (Å²) in [5, 5.41) is 0. The van der Waals surface area contributed by atoms with Crippen LogP contribution >= 0.6 is 0 Å². The lowest BCUT2D eigenvalue weighted by Gasteiger charge is -2.34. The van der Waals surface area contributed by atoms with E-state index >= 15 is 0 Å². The third kappa shape index (κ3) is 3.53. The topological polar surface area (TPSA) is 44.1 Å². The van der Waals surface area contributed by atoms with Gasteiger partial charge in [-0.25, -0.2) is 0 Å². The molecule has 2 aromatic carbocycles. The van der Waals surface area contributed by atoms with E-state index in [0.29, 0.717) is 0 Å². The van der Waals surface area contributed by atoms with E-state index in [1.165, 1.54) is 27.9 Å². The van der Waals surface area contributed by atoms with Crippen LogP contribution in [0.2, 0.25) is 0 Å². The summed E-state index contributed by atoms with van der Waals surface area (Å²) >= 11 is 0. The Morgan fingerprint density at radius 1 is 0.750 bits per heavy atom. The first kappa shape index (κ1) is 19.4. The van der Waals surface area contributed by atoms with Crippen LogP contribution in [-0.4, -0.2) is 54.5 Å². The van der Waals surface area contributed by atoms with E-state index < -0.39 is 0 Å². The van der Waals surface area contributed by atoms with Gasteiger partial charge in [0.2, 0.25) is 0 Å². The molecule has 0 radical (unpaired) electrons. The van der Waals surface area contributed by atoms with E-state index in [4.69, 9.17) is 9.98 Å². The Labute approximate surface area is 189 Å². The Balaban J connectivity index is 1.20. The second kappa shape index (κ2) is 7.68. The number of fused-ring (bicyclic) bond motifs is 2. The Morgan fingerprint density at radius 2 is 1.47 bits per heavy atom. The summed E-state index contributed by atoms with van der Waals surface area (Å²) in [5.41, 5.74) is 11.7. The molecule has 0 aliphatic carbocycles. The molecule has 1 fully saturated rings. The minimum absolute atomic E-state index is 0.827. The fourth-order valence-electron chi connectivity index (χ4n) is 4.84. The van der Waals surface area contributed by atoms with Crippen LogP contribution < -0.4 is 4.90 Å². The molecule has 1 saturated heterocycles. The number of rotatable bonds is 3. The molecule has 0 atom stereocenters. The van der Waals surface area contributed by atoms with E-state index in [1.807, 2.05) is 12.3 Å². The van der Waals surface area contributed by atoms with Crippen molar-refractivity contribution in [1.82, 2.24) is 9.88 Å². The molecule has 3 aliphatic rings. The molecular formula is C27H27N5. The number of aliphatic imine (C=N–C) groups is 2. The highest BCUT2D eigenvalue weighted by Gasteiger charge is 2.22. The van der Waals surface area contributed by atoms with Gasteiger partial charge in [0.15, 0.2) is 0 Å². The Hall–Kier alpha value is -3.31. The van der Waals surface area contributed by atoms with Gasteiger partial charge in [0, 0.05) is 50.9 Å². The predicted molar refractivity (Wildman–Crippen MR) is 131 cm³/mol. The maximum Gasteiger partial charge on any atom is 0.0850 e. The van der Waals surface area contributed by atoms with Crippen LogP contribution in [0.4, 0.5) is 17.1 Å². The van der Waals surface area contributed by atoms with Gasteiger partial charge in [0.1, 0.15) is 0 Å². The number of aromatic nitrogens is 1. The molecule has 0 unspecified atom stereocenters. The van der Waals surface area contributed by atoms with E-state index in [0.717, 1.165) is 67.5 Å². The largest absolute Gasteiger partial charge is 0.369 e. The first-order valence-corrected chi connectivity index (χ1v) is 11.4. The Kier molecular flexibility index (Phi) is 4.65. The van der Waals surface area contributed by atoms with Crippen LogP contribution in [0.15, 0.2) is 64.7 Å². The first-order chi connectivity index (χ1) is 15.6. The molecule has 0 N–H and O–H groups in total. The maximum atomic E-state index is 4.97. The zero-order valence-electron chi connectivity index (χ0n) is 18.7. The van der Waals surface area contributed by atoms with E-state index in [9.17, 15) is 0 Å². The molecular weight excluding hydrogens is 394 g/mol. The van der Waals surface area contributed by atoms with Crippen LogP contribution in [0.3, 0.4) is 0 Å². The molecule has 1 aromatic heterocycles. The van der Waals surface area contributed by atoms with Crippen molar-refractivity contribution in [3.63, 3.8) is 0 Å². The number of pyridine rings is 1. The van der Waals surface area contributed by atoms with Crippen molar-refractivity contribution in [2.24, 2.45) is 9.98 Å². The first-order valence-electron chi connectivity index (χ1n) is 11.4. The van der Waals surface area contributed by atoms with Crippen molar-refractivity contribution in [2.45, 2.75) is 19.8 Å². The number of nitrogens with zero attached hydrogens (tertiary/aromatic N) is 5. The molecule has 0 spiro atoms. The van der Waals surface area contributed by atoms with Crippen LogP contribution in [-0.2, 0) is 12.8 Å². The van der Waals surface area contributed by atoms with Crippen LogP contribution in [0.1, 0.15) is 27.9 Å². The van der Waals surface area contributed by atoms with Gasteiger partial charge in [0.05, 0.1) is 28.5 Å². The summed E-state index contributed by atoms with van der Waals surface area (Å²) in [7, 11) is 2.20. The van der Waals surface area contributed by atoms with Gasteiger partial charge in [-0.15, -0.1) is 0 Å². The summed E-state index contributed by atoms with van der Waals surface area (Å²) in [5.74, 6) is 0. The minimum atomic E-state index is 0.827. The van der Waals surface area contributed by atoms with Crippen LogP contribution in [0, 0.1) is 6.92 Å². The van der Waals surface area contributed by atoms with Crippen molar-refractivity contribution in [2.75, 3.05) is 38.1 Å². The van der Waals surface area contributed by atoms with Crippen molar-refractivity contribution in [3.05, 3.63) is 82.7 Å². The maximum absolute atomic E-state index is 4.97. The monoisotopic (exact) mass is 421 g/mol. The molecule has 6 rings (SSSR count). The van der Waals surface area contributed by atoms with E-state index in [2.05, 4.69) is 71.2 Å². The van der Waals surface area contributed by atoms with Crippen molar-refractivity contribution in [3.8, 4) is 0 Å². The molecule has 4 heterocycles. The normalized spacial score (nSPS) is 17.8. The van der Waals surface area contributed by atoms with E-state index in [-0.39, 0.29) is 0 Å². The van der Waals surface area contributed by atoms with Gasteiger partial charge in [-0.05, 0) is 78.7 Å². The zero-order chi connectivity index (χ0) is 21.7. The molecule has 160 valence electrons. The fraction of sp³-hybridized carbons (Fsp3) is 0.296. The van der Waals surface area contributed by atoms with Crippen LogP contribution in [0.5, 0.6) is 0 Å². The number of hydrogen-bond acceptors (Lipinski definition) is 5. The number of anilines is 1. The molecule has 5 heteroatoms. The lowest BCUT2D eigenvalue weighted by Crippen LogP contribution is -2.44. The lowest BCUT2D eigenvalue weighted by atomic mass is 9.99. The lowest BCUT2D eigenvalue weighted by molar-refractivity contribution is 0.313. The van der Waals surface area contributed by atoms with Gasteiger partial charge >= 0.3 is 0 Å². The Morgan fingerprint density at radius 3 is 2.28 bits per heavy atom. The SMILES string of the molecule is Cc1ccnc(C2=Nc3ccc(C4=Nc5ccc(N6CCN(C)CC6)cc5C4)cc3C2)c1. The molecule has 0 saturated carbocycles. The van der Waals surface area contributed by atoms with Gasteiger partial charge in [-0.3, -0.25) is 15.0 Å². The average Bonchev–Trinajstić information content (AvgIpc) is 3.43. The summed E-state index contributed by atoms with van der Waals surface area (Å²) < 4.78 is 0. The molecule has 0 amide bonds. The fourth-order valence-corrected chi connectivity index (χ4v) is 4.84. The predicted octanol–water partition coefficient (Wildman–Crippen LogP) is 4.50. The summed E-state index contributed by atoms with van der Waals surface area (Å²) in [6, 6.07) is 17.5.